The molecule has 3 fully saturated rings. The van der Waals surface area contributed by atoms with Crippen LogP contribution in [0.2, 0.25) is 0 Å². The summed E-state index contributed by atoms with van der Waals surface area (Å²) in [5.41, 5.74) is -1.21. The summed E-state index contributed by atoms with van der Waals surface area (Å²) in [6.07, 6.45) is 2.29. The zero-order chi connectivity index (χ0) is 24.6. The van der Waals surface area contributed by atoms with E-state index in [1.807, 2.05) is 0 Å². The van der Waals surface area contributed by atoms with Crippen molar-refractivity contribution in [3.05, 3.63) is 53.8 Å². The Kier molecular flexibility index (Phi) is 4.84. The highest BCUT2D eigenvalue weighted by Gasteiger charge is 2.81. The van der Waals surface area contributed by atoms with Gasteiger partial charge in [0.2, 0.25) is 15.9 Å². The summed E-state index contributed by atoms with van der Waals surface area (Å²) in [7, 11) is -4.01. The van der Waals surface area contributed by atoms with Crippen LogP contribution in [-0.4, -0.2) is 43.9 Å². The van der Waals surface area contributed by atoms with Crippen LogP contribution in [0.25, 0.3) is 0 Å². The minimum absolute atomic E-state index is 0.100. The summed E-state index contributed by atoms with van der Waals surface area (Å²) in [5.74, 6) is 0.577. The Bertz CT molecular complexity index is 1320. The maximum atomic E-state index is 14.1. The Hall–Kier alpha value is -2.65. The maximum Gasteiger partial charge on any atom is 0.244 e. The lowest BCUT2D eigenvalue weighted by atomic mass is 9.65. The van der Waals surface area contributed by atoms with Crippen molar-refractivity contribution in [2.24, 2.45) is 16.7 Å². The van der Waals surface area contributed by atoms with Gasteiger partial charge < -0.3 is 14.8 Å². The first-order valence-corrected chi connectivity index (χ1v) is 13.5. The number of carbonyl (C=O) groups excluding carboxylic acids is 1. The summed E-state index contributed by atoms with van der Waals surface area (Å²) >= 11 is 0. The van der Waals surface area contributed by atoms with Crippen molar-refractivity contribution < 1.29 is 27.1 Å². The van der Waals surface area contributed by atoms with E-state index in [1.54, 1.807) is 18.2 Å². The normalized spacial score (nSPS) is 33.2. The molecule has 1 saturated heterocycles. The second-order valence-electron chi connectivity index (χ2n) is 10.7. The van der Waals surface area contributed by atoms with Gasteiger partial charge in [-0.05, 0) is 60.4 Å². The smallest absolute Gasteiger partial charge is 0.244 e. The van der Waals surface area contributed by atoms with E-state index in [1.165, 1.54) is 28.6 Å². The Labute approximate surface area is 204 Å². The fourth-order valence-corrected chi connectivity index (χ4v) is 9.17. The van der Waals surface area contributed by atoms with Gasteiger partial charge in [0.15, 0.2) is 11.5 Å². The van der Waals surface area contributed by atoms with E-state index in [0.717, 1.165) is 18.4 Å². The number of sulfonamides is 1. The summed E-state index contributed by atoms with van der Waals surface area (Å²) in [5, 5.41) is 3.00. The lowest BCUT2D eigenvalue weighted by Gasteiger charge is -2.46. The highest BCUT2D eigenvalue weighted by Crippen LogP contribution is 2.76. The van der Waals surface area contributed by atoms with Gasteiger partial charge in [0.05, 0.1) is 4.90 Å². The minimum atomic E-state index is -4.01. The van der Waals surface area contributed by atoms with Crippen LogP contribution in [0.3, 0.4) is 0 Å². The van der Waals surface area contributed by atoms with E-state index in [0.29, 0.717) is 37.7 Å². The highest BCUT2D eigenvalue weighted by atomic mass is 32.2. The van der Waals surface area contributed by atoms with E-state index in [-0.39, 0.29) is 34.5 Å². The molecule has 0 spiro atoms. The van der Waals surface area contributed by atoms with Crippen molar-refractivity contribution in [2.45, 2.75) is 50.1 Å². The average Bonchev–Trinajstić information content (AvgIpc) is 3.32. The van der Waals surface area contributed by atoms with Crippen molar-refractivity contribution in [1.29, 1.82) is 0 Å². The molecular formula is C26H29FN2O5S. The fourth-order valence-electron chi connectivity index (χ4n) is 7.21. The number of fused-ring (bicyclic) bond motifs is 1. The maximum absolute atomic E-state index is 14.1. The molecule has 1 amide bonds. The molecule has 2 aliphatic carbocycles. The number of carbonyl (C=O) groups is 1. The van der Waals surface area contributed by atoms with Gasteiger partial charge in [0.25, 0.3) is 0 Å². The molecule has 0 radical (unpaired) electrons. The zero-order valence-electron chi connectivity index (χ0n) is 19.8. The molecule has 0 unspecified atom stereocenters. The number of hydrogen-bond acceptors (Lipinski definition) is 5. The SMILES string of the molecule is C[C@@]12CC[C@@H]3C[C@]1(C(=O)NCc1ccc(F)cc1)N(S(=O)(=O)c1ccc4c(c1)OCCO4)C[C@]32C. The molecule has 2 saturated carbocycles. The molecule has 0 aromatic heterocycles. The molecule has 2 heterocycles. The number of rotatable bonds is 5. The van der Waals surface area contributed by atoms with Gasteiger partial charge in [0.1, 0.15) is 24.6 Å². The number of amides is 1. The number of ether oxygens (including phenoxy) is 2. The Balaban J connectivity index is 1.38. The predicted octanol–water partition coefficient (Wildman–Crippen LogP) is 3.48. The molecule has 4 bridgehead atoms. The minimum Gasteiger partial charge on any atom is -0.486 e. The van der Waals surface area contributed by atoms with Gasteiger partial charge in [-0.3, -0.25) is 4.79 Å². The van der Waals surface area contributed by atoms with E-state index in [2.05, 4.69) is 19.2 Å². The third-order valence-electron chi connectivity index (χ3n) is 9.35. The lowest BCUT2D eigenvalue weighted by Crippen LogP contribution is -2.63. The number of nitrogens with zero attached hydrogens (tertiary/aromatic N) is 1. The van der Waals surface area contributed by atoms with Crippen LogP contribution in [-0.2, 0) is 21.4 Å². The molecule has 9 heteroatoms. The van der Waals surface area contributed by atoms with Gasteiger partial charge in [-0.1, -0.05) is 26.0 Å². The van der Waals surface area contributed by atoms with Crippen molar-refractivity contribution in [1.82, 2.24) is 9.62 Å². The molecule has 6 rings (SSSR count). The molecule has 1 N–H and O–H groups in total. The topological polar surface area (TPSA) is 84.9 Å². The van der Waals surface area contributed by atoms with Gasteiger partial charge in [0, 0.05) is 24.6 Å². The number of piperidine rings is 1. The van der Waals surface area contributed by atoms with Crippen LogP contribution in [0.5, 0.6) is 11.5 Å². The largest absolute Gasteiger partial charge is 0.486 e. The average molecular weight is 501 g/mol. The van der Waals surface area contributed by atoms with Crippen LogP contribution in [0, 0.1) is 22.6 Å². The van der Waals surface area contributed by atoms with Crippen LogP contribution in [0.4, 0.5) is 4.39 Å². The Morgan fingerprint density at radius 3 is 2.54 bits per heavy atom. The second kappa shape index (κ2) is 7.43. The highest BCUT2D eigenvalue weighted by molar-refractivity contribution is 7.89. The number of halogens is 1. The first kappa shape index (κ1) is 22.8. The van der Waals surface area contributed by atoms with E-state index >= 15 is 0 Å². The Morgan fingerprint density at radius 1 is 1.11 bits per heavy atom. The van der Waals surface area contributed by atoms with Crippen LogP contribution in [0.1, 0.15) is 38.7 Å². The summed E-state index contributed by atoms with van der Waals surface area (Å²) in [4.78, 5) is 14.1. The van der Waals surface area contributed by atoms with Crippen molar-refractivity contribution >= 4 is 15.9 Å². The van der Waals surface area contributed by atoms with Crippen LogP contribution in [0.15, 0.2) is 47.4 Å². The summed E-state index contributed by atoms with van der Waals surface area (Å²) in [6, 6.07) is 10.6. The first-order chi connectivity index (χ1) is 16.6. The molecule has 186 valence electrons. The molecule has 2 aliphatic heterocycles. The quantitative estimate of drug-likeness (QED) is 0.680. The molecule has 35 heavy (non-hydrogen) atoms. The summed E-state index contributed by atoms with van der Waals surface area (Å²) in [6.45, 7) is 5.50. The van der Waals surface area contributed by atoms with Gasteiger partial charge in [-0.15, -0.1) is 0 Å². The third-order valence-corrected chi connectivity index (χ3v) is 11.2. The van der Waals surface area contributed by atoms with Gasteiger partial charge in [-0.2, -0.15) is 4.31 Å². The molecular weight excluding hydrogens is 471 g/mol. The van der Waals surface area contributed by atoms with Crippen molar-refractivity contribution in [3.8, 4) is 11.5 Å². The number of nitrogens with one attached hydrogen (secondary N) is 1. The third kappa shape index (κ3) is 2.91. The number of hydrogen-bond donors (Lipinski definition) is 1. The second-order valence-corrected chi connectivity index (χ2v) is 12.5. The number of benzene rings is 2. The lowest BCUT2D eigenvalue weighted by molar-refractivity contribution is -0.135. The zero-order valence-corrected chi connectivity index (χ0v) is 20.7. The first-order valence-electron chi connectivity index (χ1n) is 12.1. The monoisotopic (exact) mass is 500 g/mol. The van der Waals surface area contributed by atoms with E-state index < -0.39 is 21.0 Å². The van der Waals surface area contributed by atoms with E-state index in [4.69, 9.17) is 9.47 Å². The Morgan fingerprint density at radius 2 is 1.83 bits per heavy atom. The van der Waals surface area contributed by atoms with Crippen molar-refractivity contribution in [3.63, 3.8) is 0 Å². The predicted molar refractivity (Wildman–Crippen MR) is 126 cm³/mol. The van der Waals surface area contributed by atoms with Gasteiger partial charge in [-0.25, -0.2) is 12.8 Å². The van der Waals surface area contributed by atoms with Crippen LogP contribution >= 0.6 is 0 Å². The standard InChI is InChI=1S/C26H29FN2O5S/c1-24-16-29(35(31,32)20-7-8-21-22(13-20)34-12-11-33-21)26(14-18(24)9-10-25(24,26)2)23(30)28-15-17-3-5-19(27)6-4-17/h3-8,13,18H,9-12,14-16H2,1-2H3,(H,28,30)/t18-,24-,25+,26-/m1/s1. The fraction of sp³-hybridized carbons (Fsp3) is 0.500. The van der Waals surface area contributed by atoms with Crippen LogP contribution < -0.4 is 14.8 Å². The van der Waals surface area contributed by atoms with Crippen molar-refractivity contribution in [2.75, 3.05) is 19.8 Å². The molecule has 7 nitrogen and oxygen atoms in total. The van der Waals surface area contributed by atoms with E-state index in [9.17, 15) is 17.6 Å². The summed E-state index contributed by atoms with van der Waals surface area (Å²) < 4.78 is 54.2. The molecule has 4 aliphatic rings. The molecule has 2 aromatic carbocycles. The molecule has 2 aromatic rings. The molecule has 4 atom stereocenters. The van der Waals surface area contributed by atoms with Gasteiger partial charge >= 0.3 is 0 Å².